The molecular formula is C56H35NOS. The zero-order chi connectivity index (χ0) is 38.9. The molecule has 0 N–H and O–H groups in total. The zero-order valence-corrected chi connectivity index (χ0v) is 32.8. The number of benzene rings is 10. The largest absolute Gasteiger partial charge is 0.455 e. The predicted octanol–water partition coefficient (Wildman–Crippen LogP) is 16.7. The molecule has 2 nitrogen and oxygen atoms in total. The van der Waals surface area contributed by atoms with Gasteiger partial charge >= 0.3 is 0 Å². The number of hydrogen-bond donors (Lipinski definition) is 0. The quantitative estimate of drug-likeness (QED) is 0.157. The molecule has 0 radical (unpaired) electrons. The number of fused-ring (bicyclic) bond motifs is 9. The van der Waals surface area contributed by atoms with Gasteiger partial charge in [-0.25, -0.2) is 0 Å². The van der Waals surface area contributed by atoms with Crippen LogP contribution in [-0.2, 0) is 0 Å². The van der Waals surface area contributed by atoms with Gasteiger partial charge in [-0.3, -0.25) is 0 Å². The van der Waals surface area contributed by atoms with Crippen molar-refractivity contribution in [3.8, 4) is 33.4 Å². The monoisotopic (exact) mass is 769 g/mol. The highest BCUT2D eigenvalue weighted by Crippen LogP contribution is 2.45. The third-order valence-electron chi connectivity index (χ3n) is 11.9. The average molecular weight is 770 g/mol. The summed E-state index contributed by atoms with van der Waals surface area (Å²) in [6.07, 6.45) is 0. The molecule has 0 amide bonds. The molecule has 0 aliphatic carbocycles. The van der Waals surface area contributed by atoms with Crippen molar-refractivity contribution < 1.29 is 4.42 Å². The van der Waals surface area contributed by atoms with Crippen LogP contribution >= 0.6 is 11.3 Å². The Labute approximate surface area is 345 Å². The van der Waals surface area contributed by atoms with E-state index in [1.165, 1.54) is 52.8 Å². The third-order valence-corrected chi connectivity index (χ3v) is 13.0. The molecule has 0 aliphatic heterocycles. The fraction of sp³-hybridized carbons (Fsp3) is 0. The van der Waals surface area contributed by atoms with Crippen molar-refractivity contribution in [2.45, 2.75) is 0 Å². The fourth-order valence-corrected chi connectivity index (χ4v) is 10.2. The molecule has 0 unspecified atom stereocenters. The fourth-order valence-electron chi connectivity index (χ4n) is 9.08. The third kappa shape index (κ3) is 5.55. The zero-order valence-electron chi connectivity index (χ0n) is 32.0. The average Bonchev–Trinajstić information content (AvgIpc) is 3.88. The normalized spacial score (nSPS) is 11.7. The van der Waals surface area contributed by atoms with Crippen LogP contribution in [0.2, 0.25) is 0 Å². The first-order chi connectivity index (χ1) is 29.2. The van der Waals surface area contributed by atoms with E-state index in [-0.39, 0.29) is 0 Å². The van der Waals surface area contributed by atoms with Gasteiger partial charge in [-0.1, -0.05) is 158 Å². The summed E-state index contributed by atoms with van der Waals surface area (Å²) in [6, 6.07) is 76.9. The molecule has 0 saturated heterocycles. The molecule has 12 rings (SSSR count). The molecule has 0 aliphatic rings. The molecule has 12 aromatic rings. The topological polar surface area (TPSA) is 16.4 Å². The van der Waals surface area contributed by atoms with E-state index in [0.29, 0.717) is 0 Å². The Bertz CT molecular complexity index is 3540. The number of hydrogen-bond acceptors (Lipinski definition) is 3. The SMILES string of the molecule is c1ccc(-c2cccc3c2oc2ccc(-c4ccc(N(c5ccc(-c6cccc7sc8ccccc8c67)cc5)c5cc6ccccc6c6ccccc56)cc4)cc23)cc1. The highest BCUT2D eigenvalue weighted by Gasteiger charge is 2.19. The Hall–Kier alpha value is -7.46. The number of furan rings is 1. The second-order valence-electron chi connectivity index (χ2n) is 15.2. The Morgan fingerprint density at radius 2 is 0.949 bits per heavy atom. The smallest absolute Gasteiger partial charge is 0.143 e. The lowest BCUT2D eigenvalue weighted by atomic mass is 9.97. The summed E-state index contributed by atoms with van der Waals surface area (Å²) in [5, 5.41) is 9.81. The first-order valence-electron chi connectivity index (χ1n) is 20.1. The van der Waals surface area contributed by atoms with Crippen LogP contribution < -0.4 is 4.90 Å². The van der Waals surface area contributed by atoms with Crippen molar-refractivity contribution in [1.82, 2.24) is 0 Å². The van der Waals surface area contributed by atoms with Crippen molar-refractivity contribution >= 4 is 92.1 Å². The lowest BCUT2D eigenvalue weighted by molar-refractivity contribution is 0.670. The van der Waals surface area contributed by atoms with Gasteiger partial charge in [0.05, 0.1) is 5.69 Å². The van der Waals surface area contributed by atoms with Crippen molar-refractivity contribution in [3.63, 3.8) is 0 Å². The second kappa shape index (κ2) is 13.6. The number of rotatable bonds is 6. The number of para-hydroxylation sites is 1. The van der Waals surface area contributed by atoms with Gasteiger partial charge in [0.2, 0.25) is 0 Å². The summed E-state index contributed by atoms with van der Waals surface area (Å²) < 4.78 is 9.14. The molecule has 0 atom stereocenters. The number of thiophene rings is 1. The van der Waals surface area contributed by atoms with E-state index in [4.69, 9.17) is 4.42 Å². The standard InChI is InChI=1S/C56H35NOS/c1-2-12-37(13-3-1)45-20-10-21-48-50-34-39(28-33-52(50)58-56(45)48)36-24-29-41(30-25-36)57(51-35-40-14-4-5-15-43(40)46-16-6-7-17-47(46)51)42-31-26-38(27-32-42)44-19-11-23-54-55(44)49-18-8-9-22-53(49)59-54/h1-35H. The summed E-state index contributed by atoms with van der Waals surface area (Å²) in [5.74, 6) is 0. The highest BCUT2D eigenvalue weighted by atomic mass is 32.1. The van der Waals surface area contributed by atoms with E-state index in [1.54, 1.807) is 0 Å². The summed E-state index contributed by atoms with van der Waals surface area (Å²) in [7, 11) is 0. The van der Waals surface area contributed by atoms with Gasteiger partial charge in [-0.05, 0) is 98.6 Å². The summed E-state index contributed by atoms with van der Waals surface area (Å²) >= 11 is 1.86. The van der Waals surface area contributed by atoms with Crippen LogP contribution in [0.15, 0.2) is 217 Å². The molecule has 2 aromatic heterocycles. The van der Waals surface area contributed by atoms with Gasteiger partial charge in [0, 0.05) is 53.3 Å². The highest BCUT2D eigenvalue weighted by molar-refractivity contribution is 7.25. The summed E-state index contributed by atoms with van der Waals surface area (Å²) in [4.78, 5) is 2.42. The first kappa shape index (κ1) is 33.7. The predicted molar refractivity (Wildman–Crippen MR) is 253 cm³/mol. The van der Waals surface area contributed by atoms with Gasteiger partial charge in [-0.2, -0.15) is 0 Å². The van der Waals surface area contributed by atoms with Crippen molar-refractivity contribution in [2.75, 3.05) is 4.90 Å². The van der Waals surface area contributed by atoms with E-state index in [2.05, 4.69) is 211 Å². The Kier molecular flexibility index (Phi) is 7.75. The van der Waals surface area contributed by atoms with Crippen LogP contribution in [0, 0.1) is 0 Å². The molecule has 59 heavy (non-hydrogen) atoms. The van der Waals surface area contributed by atoms with Crippen molar-refractivity contribution in [1.29, 1.82) is 0 Å². The molecule has 2 heterocycles. The van der Waals surface area contributed by atoms with E-state index in [0.717, 1.165) is 61.3 Å². The number of nitrogens with zero attached hydrogens (tertiary/aromatic N) is 1. The number of anilines is 3. The maximum Gasteiger partial charge on any atom is 0.143 e. The Morgan fingerprint density at radius 1 is 0.356 bits per heavy atom. The first-order valence-corrected chi connectivity index (χ1v) is 20.9. The van der Waals surface area contributed by atoms with E-state index < -0.39 is 0 Å². The molecule has 3 heteroatoms. The van der Waals surface area contributed by atoms with Crippen LogP contribution in [0.1, 0.15) is 0 Å². The maximum atomic E-state index is 6.51. The minimum atomic E-state index is 0.893. The molecule has 276 valence electrons. The molecule has 10 aromatic carbocycles. The van der Waals surface area contributed by atoms with Crippen LogP contribution in [0.25, 0.3) is 97.0 Å². The lowest BCUT2D eigenvalue weighted by Gasteiger charge is -2.28. The Balaban J connectivity index is 0.984. The Morgan fingerprint density at radius 3 is 1.76 bits per heavy atom. The van der Waals surface area contributed by atoms with E-state index in [1.807, 2.05) is 17.4 Å². The van der Waals surface area contributed by atoms with Crippen LogP contribution in [0.5, 0.6) is 0 Å². The summed E-state index contributed by atoms with van der Waals surface area (Å²) in [6.45, 7) is 0. The van der Waals surface area contributed by atoms with Gasteiger partial charge < -0.3 is 9.32 Å². The van der Waals surface area contributed by atoms with Crippen LogP contribution in [0.3, 0.4) is 0 Å². The van der Waals surface area contributed by atoms with Gasteiger partial charge in [0.25, 0.3) is 0 Å². The molecule has 0 bridgehead atoms. The van der Waals surface area contributed by atoms with Gasteiger partial charge in [0.1, 0.15) is 11.2 Å². The molecular weight excluding hydrogens is 735 g/mol. The van der Waals surface area contributed by atoms with Crippen LogP contribution in [-0.4, -0.2) is 0 Å². The van der Waals surface area contributed by atoms with Crippen molar-refractivity contribution in [2.24, 2.45) is 0 Å². The minimum absolute atomic E-state index is 0.893. The van der Waals surface area contributed by atoms with E-state index in [9.17, 15) is 0 Å². The lowest BCUT2D eigenvalue weighted by Crippen LogP contribution is -2.10. The van der Waals surface area contributed by atoms with Crippen LogP contribution in [0.4, 0.5) is 17.1 Å². The molecule has 0 fully saturated rings. The van der Waals surface area contributed by atoms with E-state index >= 15 is 0 Å². The van der Waals surface area contributed by atoms with Crippen molar-refractivity contribution in [3.05, 3.63) is 212 Å². The maximum absolute atomic E-state index is 6.51. The second-order valence-corrected chi connectivity index (χ2v) is 16.3. The molecule has 0 spiro atoms. The molecule has 0 saturated carbocycles. The van der Waals surface area contributed by atoms with Gasteiger partial charge in [-0.15, -0.1) is 11.3 Å². The summed E-state index contributed by atoms with van der Waals surface area (Å²) in [5.41, 5.74) is 12.2. The van der Waals surface area contributed by atoms with Gasteiger partial charge in [0.15, 0.2) is 0 Å². The minimum Gasteiger partial charge on any atom is -0.455 e.